The van der Waals surface area contributed by atoms with Gasteiger partial charge in [0.05, 0.1) is 0 Å². The predicted molar refractivity (Wildman–Crippen MR) is 77.9 cm³/mol. The number of aromatic nitrogens is 3. The highest BCUT2D eigenvalue weighted by Crippen LogP contribution is 2.18. The van der Waals surface area contributed by atoms with Crippen LogP contribution in [-0.2, 0) is 7.05 Å². The van der Waals surface area contributed by atoms with E-state index in [0.717, 1.165) is 23.6 Å². The molecule has 2 rings (SSSR count). The van der Waals surface area contributed by atoms with Crippen LogP contribution in [-0.4, -0.2) is 33.3 Å². The minimum atomic E-state index is 0.893. The highest BCUT2D eigenvalue weighted by molar-refractivity contribution is 7.98. The predicted octanol–water partition coefficient (Wildman–Crippen LogP) is 2.65. The molecule has 5 heteroatoms. The van der Waals surface area contributed by atoms with Gasteiger partial charge in [-0.05, 0) is 42.7 Å². The highest BCUT2D eigenvalue weighted by Gasteiger charge is 2.03. The van der Waals surface area contributed by atoms with Gasteiger partial charge in [0.2, 0.25) is 0 Å². The molecule has 1 heterocycles. The smallest absolute Gasteiger partial charge is 0.163 e. The number of nitrogens with one attached hydrogen (secondary N) is 1. The lowest BCUT2D eigenvalue weighted by Crippen LogP contribution is -2.02. The van der Waals surface area contributed by atoms with E-state index in [1.165, 1.54) is 12.2 Å². The summed E-state index contributed by atoms with van der Waals surface area (Å²) in [5, 5.41) is 11.4. The molecule has 0 aliphatic heterocycles. The van der Waals surface area contributed by atoms with Crippen molar-refractivity contribution in [3.63, 3.8) is 0 Å². The fourth-order valence-corrected chi connectivity index (χ4v) is 2.16. The van der Waals surface area contributed by atoms with Crippen LogP contribution in [0.2, 0.25) is 0 Å². The summed E-state index contributed by atoms with van der Waals surface area (Å²) in [6, 6.07) is 8.31. The van der Waals surface area contributed by atoms with Gasteiger partial charge in [-0.2, -0.15) is 11.8 Å². The van der Waals surface area contributed by atoms with Gasteiger partial charge in [0.15, 0.2) is 5.82 Å². The second-order valence-corrected chi connectivity index (χ2v) is 5.10. The van der Waals surface area contributed by atoms with Crippen molar-refractivity contribution in [3.05, 3.63) is 30.6 Å². The van der Waals surface area contributed by atoms with Crippen LogP contribution in [0.15, 0.2) is 30.6 Å². The summed E-state index contributed by atoms with van der Waals surface area (Å²) in [6.45, 7) is 1.02. The van der Waals surface area contributed by atoms with Gasteiger partial charge >= 0.3 is 0 Å². The standard InChI is InChI=1S/C13H18N4S/c1-17-10-15-16-13(17)11-4-6-12(7-5-11)14-8-3-9-18-2/h4-7,10,14H,3,8-9H2,1-2H3. The summed E-state index contributed by atoms with van der Waals surface area (Å²) in [4.78, 5) is 0. The van der Waals surface area contributed by atoms with Crippen molar-refractivity contribution in [3.8, 4) is 11.4 Å². The Balaban J connectivity index is 1.96. The maximum Gasteiger partial charge on any atom is 0.163 e. The van der Waals surface area contributed by atoms with E-state index in [1.807, 2.05) is 23.4 Å². The van der Waals surface area contributed by atoms with Gasteiger partial charge in [-0.25, -0.2) is 0 Å². The second-order valence-electron chi connectivity index (χ2n) is 4.12. The molecule has 1 aromatic carbocycles. The SMILES string of the molecule is CSCCCNc1ccc(-c2nncn2C)cc1. The largest absolute Gasteiger partial charge is 0.385 e. The molecule has 0 fully saturated rings. The van der Waals surface area contributed by atoms with Crippen molar-refractivity contribution < 1.29 is 0 Å². The van der Waals surface area contributed by atoms with Crippen LogP contribution in [0.1, 0.15) is 6.42 Å². The zero-order valence-electron chi connectivity index (χ0n) is 10.8. The van der Waals surface area contributed by atoms with Crippen LogP contribution in [0.3, 0.4) is 0 Å². The maximum atomic E-state index is 4.09. The van der Waals surface area contributed by atoms with E-state index in [4.69, 9.17) is 0 Å². The van der Waals surface area contributed by atoms with Gasteiger partial charge in [-0.15, -0.1) is 10.2 Å². The molecule has 4 nitrogen and oxygen atoms in total. The zero-order chi connectivity index (χ0) is 12.8. The molecule has 0 atom stereocenters. The van der Waals surface area contributed by atoms with E-state index in [1.54, 1.807) is 6.33 Å². The van der Waals surface area contributed by atoms with Crippen molar-refractivity contribution in [2.45, 2.75) is 6.42 Å². The molecule has 0 bridgehead atoms. The third kappa shape index (κ3) is 3.26. The Morgan fingerprint density at radius 2 is 2.06 bits per heavy atom. The number of rotatable bonds is 6. The van der Waals surface area contributed by atoms with Crippen LogP contribution in [0.25, 0.3) is 11.4 Å². The Morgan fingerprint density at radius 1 is 1.28 bits per heavy atom. The Morgan fingerprint density at radius 3 is 2.67 bits per heavy atom. The molecule has 0 aliphatic rings. The quantitative estimate of drug-likeness (QED) is 0.813. The fraction of sp³-hybridized carbons (Fsp3) is 0.385. The third-order valence-electron chi connectivity index (χ3n) is 2.71. The molecule has 0 aliphatic carbocycles. The molecule has 0 amide bonds. The first-order valence-electron chi connectivity index (χ1n) is 5.98. The van der Waals surface area contributed by atoms with E-state index in [9.17, 15) is 0 Å². The van der Waals surface area contributed by atoms with Crippen molar-refractivity contribution >= 4 is 17.4 Å². The molecule has 0 saturated carbocycles. The lowest BCUT2D eigenvalue weighted by molar-refractivity contribution is 0.919. The number of benzene rings is 1. The lowest BCUT2D eigenvalue weighted by atomic mass is 10.2. The zero-order valence-corrected chi connectivity index (χ0v) is 11.6. The third-order valence-corrected chi connectivity index (χ3v) is 3.41. The van der Waals surface area contributed by atoms with Gasteiger partial charge in [-0.1, -0.05) is 0 Å². The summed E-state index contributed by atoms with van der Waals surface area (Å²) in [5.41, 5.74) is 2.24. The monoisotopic (exact) mass is 262 g/mol. The van der Waals surface area contributed by atoms with E-state index in [2.05, 4.69) is 46.0 Å². The minimum absolute atomic E-state index is 0.893. The Hall–Kier alpha value is -1.49. The number of nitrogens with zero attached hydrogens (tertiary/aromatic N) is 3. The van der Waals surface area contributed by atoms with Crippen LogP contribution >= 0.6 is 11.8 Å². The van der Waals surface area contributed by atoms with E-state index < -0.39 is 0 Å². The average molecular weight is 262 g/mol. The Bertz CT molecular complexity index is 478. The number of aryl methyl sites for hydroxylation is 1. The lowest BCUT2D eigenvalue weighted by Gasteiger charge is -2.06. The van der Waals surface area contributed by atoms with Crippen molar-refractivity contribution in [2.75, 3.05) is 23.9 Å². The first-order valence-corrected chi connectivity index (χ1v) is 7.38. The topological polar surface area (TPSA) is 42.7 Å². The molecule has 0 radical (unpaired) electrons. The van der Waals surface area contributed by atoms with Gasteiger partial charge < -0.3 is 9.88 Å². The molecule has 0 unspecified atom stereocenters. The molecule has 1 N–H and O–H groups in total. The average Bonchev–Trinajstić information content (AvgIpc) is 2.82. The minimum Gasteiger partial charge on any atom is -0.385 e. The first-order chi connectivity index (χ1) is 8.81. The normalized spacial score (nSPS) is 10.6. The Labute approximate surface area is 112 Å². The molecule has 2 aromatic rings. The molecule has 0 saturated heterocycles. The second kappa shape index (κ2) is 6.44. The van der Waals surface area contributed by atoms with Gasteiger partial charge in [0, 0.05) is 24.8 Å². The first kappa shape index (κ1) is 13.0. The summed E-state index contributed by atoms with van der Waals surface area (Å²) >= 11 is 1.88. The fourth-order valence-electron chi connectivity index (χ4n) is 1.73. The number of hydrogen-bond acceptors (Lipinski definition) is 4. The molecular weight excluding hydrogens is 244 g/mol. The molecule has 18 heavy (non-hydrogen) atoms. The van der Waals surface area contributed by atoms with E-state index >= 15 is 0 Å². The van der Waals surface area contributed by atoms with E-state index in [0.29, 0.717) is 0 Å². The molecular formula is C13H18N4S. The number of hydrogen-bond donors (Lipinski definition) is 1. The number of thioether (sulfide) groups is 1. The summed E-state index contributed by atoms with van der Waals surface area (Å²) in [6.07, 6.45) is 5.03. The van der Waals surface area contributed by atoms with Crippen LogP contribution < -0.4 is 5.32 Å². The molecule has 1 aromatic heterocycles. The van der Waals surface area contributed by atoms with Crippen molar-refractivity contribution in [1.29, 1.82) is 0 Å². The highest BCUT2D eigenvalue weighted by atomic mass is 32.2. The molecule has 96 valence electrons. The number of anilines is 1. The summed E-state index contributed by atoms with van der Waals surface area (Å²) in [5.74, 6) is 2.09. The summed E-state index contributed by atoms with van der Waals surface area (Å²) < 4.78 is 1.92. The molecule has 0 spiro atoms. The van der Waals surface area contributed by atoms with E-state index in [-0.39, 0.29) is 0 Å². The summed E-state index contributed by atoms with van der Waals surface area (Å²) in [7, 11) is 1.95. The maximum absolute atomic E-state index is 4.09. The van der Waals surface area contributed by atoms with Crippen molar-refractivity contribution in [2.24, 2.45) is 7.05 Å². The van der Waals surface area contributed by atoms with Crippen LogP contribution in [0, 0.1) is 0 Å². The van der Waals surface area contributed by atoms with Crippen LogP contribution in [0.4, 0.5) is 5.69 Å². The Kier molecular flexibility index (Phi) is 4.64. The van der Waals surface area contributed by atoms with Gasteiger partial charge in [0.25, 0.3) is 0 Å². The van der Waals surface area contributed by atoms with Crippen LogP contribution in [0.5, 0.6) is 0 Å². The van der Waals surface area contributed by atoms with Gasteiger partial charge in [-0.3, -0.25) is 0 Å². The van der Waals surface area contributed by atoms with Crippen molar-refractivity contribution in [1.82, 2.24) is 14.8 Å². The van der Waals surface area contributed by atoms with Gasteiger partial charge in [0.1, 0.15) is 6.33 Å².